The third-order valence-corrected chi connectivity index (χ3v) is 6.77. The molecule has 3 heterocycles. The number of anilines is 2. The average molecular weight is 508 g/mol. The van der Waals surface area contributed by atoms with E-state index in [0.717, 1.165) is 6.54 Å². The zero-order valence-corrected chi connectivity index (χ0v) is 20.9. The molecular formula is C27H30FN5O4. The van der Waals surface area contributed by atoms with Gasteiger partial charge in [0.2, 0.25) is 5.95 Å². The summed E-state index contributed by atoms with van der Waals surface area (Å²) in [6, 6.07) is 4.74. The van der Waals surface area contributed by atoms with Gasteiger partial charge in [0.25, 0.3) is 0 Å². The lowest BCUT2D eigenvalue weighted by Crippen LogP contribution is -2.30. The van der Waals surface area contributed by atoms with Crippen LogP contribution in [-0.4, -0.2) is 60.8 Å². The molecule has 3 aromatic rings. The van der Waals surface area contributed by atoms with Crippen LogP contribution in [0.2, 0.25) is 0 Å². The van der Waals surface area contributed by atoms with Crippen molar-refractivity contribution in [2.45, 2.75) is 25.3 Å². The van der Waals surface area contributed by atoms with Crippen LogP contribution in [0.15, 0.2) is 37.1 Å². The number of halogens is 1. The summed E-state index contributed by atoms with van der Waals surface area (Å²) in [7, 11) is 2.93. The fourth-order valence-electron chi connectivity index (χ4n) is 4.43. The molecule has 1 saturated carbocycles. The maximum Gasteiger partial charge on any atom is 0.223 e. The highest BCUT2D eigenvalue weighted by molar-refractivity contribution is 5.92. The highest BCUT2D eigenvalue weighted by atomic mass is 19.1. The number of fused-ring (bicyclic) bond motifs is 1. The zero-order valence-electron chi connectivity index (χ0n) is 20.9. The van der Waals surface area contributed by atoms with Crippen LogP contribution in [0.25, 0.3) is 22.2 Å². The second-order valence-corrected chi connectivity index (χ2v) is 9.43. The van der Waals surface area contributed by atoms with Crippen molar-refractivity contribution in [3.63, 3.8) is 0 Å². The molecular weight excluding hydrogens is 477 g/mol. The van der Waals surface area contributed by atoms with Crippen molar-refractivity contribution in [3.05, 3.63) is 42.9 Å². The number of pyridine rings is 1. The Balaban J connectivity index is 1.51. The number of carbonyl (C=O) groups is 1. The minimum atomic E-state index is -0.524. The molecule has 10 heteroatoms. The molecule has 9 nitrogen and oxygen atoms in total. The topological polar surface area (TPSA) is 107 Å². The van der Waals surface area contributed by atoms with Crippen LogP contribution < -0.4 is 20.1 Å². The standard InChI is InChI=1S/C27H30FN5O4/c1-4-18(34)7-17-13-37-14-22(17)32-27-30-12-16-8-21(20-9-19(35-2)10-23(36-3)24(20)28)31-26(25(16)33-27)29-11-15-5-6-15/h4,8-10,12,15,17,22H,1,5-7,11,13-14H2,2-3H3,(H,29,31)(H,30,32,33)/t17-,22+/m0/s1. The predicted molar refractivity (Wildman–Crippen MR) is 139 cm³/mol. The highest BCUT2D eigenvalue weighted by Gasteiger charge is 2.30. The van der Waals surface area contributed by atoms with Crippen LogP contribution in [0.3, 0.4) is 0 Å². The van der Waals surface area contributed by atoms with E-state index in [4.69, 9.17) is 24.2 Å². The van der Waals surface area contributed by atoms with Crippen molar-refractivity contribution >= 4 is 28.5 Å². The molecule has 0 bridgehead atoms. The van der Waals surface area contributed by atoms with Gasteiger partial charge in [-0.15, -0.1) is 0 Å². The van der Waals surface area contributed by atoms with Crippen LogP contribution in [0, 0.1) is 17.7 Å². The number of allylic oxidation sites excluding steroid dienone is 1. The minimum absolute atomic E-state index is 0.00350. The molecule has 1 aliphatic heterocycles. The second-order valence-electron chi connectivity index (χ2n) is 9.43. The average Bonchev–Trinajstić information content (AvgIpc) is 3.66. The first kappa shape index (κ1) is 24.9. The minimum Gasteiger partial charge on any atom is -0.497 e. The molecule has 0 unspecified atom stereocenters. The van der Waals surface area contributed by atoms with Gasteiger partial charge in [-0.2, -0.15) is 0 Å². The number of hydrogen-bond acceptors (Lipinski definition) is 9. The molecule has 2 atom stereocenters. The third kappa shape index (κ3) is 5.48. The lowest BCUT2D eigenvalue weighted by Gasteiger charge is -2.18. The van der Waals surface area contributed by atoms with E-state index >= 15 is 4.39 Å². The first-order chi connectivity index (χ1) is 18.0. The Bertz CT molecular complexity index is 1330. The highest BCUT2D eigenvalue weighted by Crippen LogP contribution is 2.36. The van der Waals surface area contributed by atoms with Gasteiger partial charge in [0.15, 0.2) is 23.2 Å². The van der Waals surface area contributed by atoms with Crippen molar-refractivity contribution in [2.75, 3.05) is 44.6 Å². The SMILES string of the molecule is C=CC(=O)C[C@H]1COC[C@H]1Nc1ncc2cc(-c3cc(OC)cc(OC)c3F)nc(NCC3CC3)c2n1. The molecule has 2 N–H and O–H groups in total. The van der Waals surface area contributed by atoms with E-state index < -0.39 is 5.82 Å². The molecule has 5 rings (SSSR count). The first-order valence-corrected chi connectivity index (χ1v) is 12.3. The number of nitrogens with one attached hydrogen (secondary N) is 2. The van der Waals surface area contributed by atoms with Gasteiger partial charge in [0.05, 0.1) is 39.2 Å². The smallest absolute Gasteiger partial charge is 0.223 e. The normalized spacial score (nSPS) is 19.0. The van der Waals surface area contributed by atoms with Crippen LogP contribution >= 0.6 is 0 Å². The number of hydrogen-bond donors (Lipinski definition) is 2. The van der Waals surface area contributed by atoms with Crippen molar-refractivity contribution in [1.29, 1.82) is 0 Å². The van der Waals surface area contributed by atoms with Crippen LogP contribution in [0.5, 0.6) is 11.5 Å². The Hall–Kier alpha value is -3.79. The van der Waals surface area contributed by atoms with Gasteiger partial charge < -0.3 is 24.8 Å². The molecule has 1 aliphatic carbocycles. The number of ether oxygens (including phenoxy) is 3. The van der Waals surface area contributed by atoms with Crippen LogP contribution in [0.4, 0.5) is 16.2 Å². The molecule has 194 valence electrons. The largest absolute Gasteiger partial charge is 0.497 e. The van der Waals surface area contributed by atoms with Crippen LogP contribution in [0.1, 0.15) is 19.3 Å². The molecule has 0 spiro atoms. The number of nitrogens with zero attached hydrogens (tertiary/aromatic N) is 3. The lowest BCUT2D eigenvalue weighted by molar-refractivity contribution is -0.115. The third-order valence-electron chi connectivity index (χ3n) is 6.77. The number of methoxy groups -OCH3 is 2. The molecule has 0 radical (unpaired) electrons. The summed E-state index contributed by atoms with van der Waals surface area (Å²) in [5.74, 6) is 1.54. The van der Waals surface area contributed by atoms with E-state index in [2.05, 4.69) is 22.2 Å². The van der Waals surface area contributed by atoms with Crippen molar-refractivity contribution in [3.8, 4) is 22.8 Å². The van der Waals surface area contributed by atoms with Gasteiger partial charge in [-0.3, -0.25) is 4.79 Å². The number of aromatic nitrogens is 3. The van der Waals surface area contributed by atoms with Crippen molar-refractivity contribution < 1.29 is 23.4 Å². The Morgan fingerprint density at radius 2 is 2.05 bits per heavy atom. The van der Waals surface area contributed by atoms with Crippen molar-refractivity contribution in [2.24, 2.45) is 11.8 Å². The summed E-state index contributed by atoms with van der Waals surface area (Å²) in [6.07, 6.45) is 5.71. The Morgan fingerprint density at radius 3 is 2.78 bits per heavy atom. The van der Waals surface area contributed by atoms with Gasteiger partial charge in [0.1, 0.15) is 11.3 Å². The fraction of sp³-hybridized carbons (Fsp3) is 0.407. The predicted octanol–water partition coefficient (Wildman–Crippen LogP) is 4.24. The van der Waals surface area contributed by atoms with E-state index in [1.165, 1.54) is 39.2 Å². The van der Waals surface area contributed by atoms with Crippen LogP contribution in [-0.2, 0) is 9.53 Å². The van der Waals surface area contributed by atoms with E-state index in [9.17, 15) is 4.79 Å². The molecule has 0 amide bonds. The van der Waals surface area contributed by atoms with E-state index in [1.807, 2.05) is 0 Å². The van der Waals surface area contributed by atoms with Gasteiger partial charge in [-0.1, -0.05) is 6.58 Å². The Morgan fingerprint density at radius 1 is 1.22 bits per heavy atom. The number of rotatable bonds is 11. The fourth-order valence-corrected chi connectivity index (χ4v) is 4.43. The molecule has 1 aromatic carbocycles. The van der Waals surface area contributed by atoms with E-state index in [-0.39, 0.29) is 29.1 Å². The summed E-state index contributed by atoms with van der Waals surface area (Å²) in [4.78, 5) is 25.9. The van der Waals surface area contributed by atoms with Gasteiger partial charge >= 0.3 is 0 Å². The molecule has 2 aliphatic rings. The first-order valence-electron chi connectivity index (χ1n) is 12.3. The molecule has 37 heavy (non-hydrogen) atoms. The molecule has 1 saturated heterocycles. The summed E-state index contributed by atoms with van der Waals surface area (Å²) in [6.45, 7) is 5.25. The van der Waals surface area contributed by atoms with Gasteiger partial charge in [0, 0.05) is 42.1 Å². The summed E-state index contributed by atoms with van der Waals surface area (Å²) in [5, 5.41) is 7.43. The quantitative estimate of drug-likeness (QED) is 0.369. The molecule has 2 aromatic heterocycles. The van der Waals surface area contributed by atoms with Gasteiger partial charge in [-0.05, 0) is 37.0 Å². The monoisotopic (exact) mass is 507 g/mol. The summed E-state index contributed by atoms with van der Waals surface area (Å²) < 4.78 is 31.4. The maximum atomic E-state index is 15.3. The number of ketones is 1. The van der Waals surface area contributed by atoms with E-state index in [1.54, 1.807) is 18.3 Å². The zero-order chi connectivity index (χ0) is 25.9. The molecule has 2 fully saturated rings. The maximum absolute atomic E-state index is 15.3. The Labute approximate surface area is 214 Å². The number of benzene rings is 1. The summed E-state index contributed by atoms with van der Waals surface area (Å²) in [5.41, 5.74) is 1.29. The van der Waals surface area contributed by atoms with E-state index in [0.29, 0.717) is 59.7 Å². The summed E-state index contributed by atoms with van der Waals surface area (Å²) >= 11 is 0. The van der Waals surface area contributed by atoms with Crippen molar-refractivity contribution in [1.82, 2.24) is 15.0 Å². The Kier molecular flexibility index (Phi) is 7.18. The lowest BCUT2D eigenvalue weighted by atomic mass is 9.97. The number of carbonyl (C=O) groups excluding carboxylic acids is 1. The van der Waals surface area contributed by atoms with Gasteiger partial charge in [-0.25, -0.2) is 19.3 Å². The second kappa shape index (κ2) is 10.7.